The van der Waals surface area contributed by atoms with E-state index in [1.165, 1.54) is 12.1 Å². The van der Waals surface area contributed by atoms with Crippen molar-refractivity contribution < 1.29 is 14.2 Å². The minimum absolute atomic E-state index is 0.116. The summed E-state index contributed by atoms with van der Waals surface area (Å²) in [5.41, 5.74) is 1.03. The highest BCUT2D eigenvalue weighted by molar-refractivity contribution is 6.39. The fraction of sp³-hybridized carbons (Fsp3) is 0.200. The molecular formula is C15H14Cl2FNO2. The van der Waals surface area contributed by atoms with Gasteiger partial charge in [-0.25, -0.2) is 4.39 Å². The van der Waals surface area contributed by atoms with Gasteiger partial charge in [0.15, 0.2) is 0 Å². The number of rotatable bonds is 4. The zero-order chi connectivity index (χ0) is 15.6. The monoisotopic (exact) mass is 329 g/mol. The molecule has 0 heterocycles. The number of aromatic hydroxyl groups is 1. The number of anilines is 1. The lowest BCUT2D eigenvalue weighted by Gasteiger charge is -2.19. The third-order valence-electron chi connectivity index (χ3n) is 3.07. The van der Waals surface area contributed by atoms with E-state index in [-0.39, 0.29) is 21.8 Å². The van der Waals surface area contributed by atoms with Crippen LogP contribution in [0.15, 0.2) is 30.3 Å². The van der Waals surface area contributed by atoms with Crippen molar-refractivity contribution in [2.24, 2.45) is 0 Å². The molecule has 0 fully saturated rings. The Morgan fingerprint density at radius 2 is 1.81 bits per heavy atom. The van der Waals surface area contributed by atoms with Crippen molar-refractivity contribution in [2.45, 2.75) is 13.0 Å². The third-order valence-corrected chi connectivity index (χ3v) is 3.67. The van der Waals surface area contributed by atoms with Crippen LogP contribution in [-0.2, 0) is 0 Å². The van der Waals surface area contributed by atoms with Crippen molar-refractivity contribution in [3.05, 3.63) is 51.8 Å². The molecule has 0 aromatic heterocycles. The topological polar surface area (TPSA) is 41.5 Å². The van der Waals surface area contributed by atoms with Gasteiger partial charge in [-0.15, -0.1) is 0 Å². The van der Waals surface area contributed by atoms with E-state index in [4.69, 9.17) is 27.9 Å². The lowest BCUT2D eigenvalue weighted by Crippen LogP contribution is -2.08. The molecular weight excluding hydrogens is 316 g/mol. The summed E-state index contributed by atoms with van der Waals surface area (Å²) in [7, 11) is 1.54. The highest BCUT2D eigenvalue weighted by atomic mass is 35.5. The number of ether oxygens (including phenoxy) is 1. The van der Waals surface area contributed by atoms with Crippen molar-refractivity contribution in [1.29, 1.82) is 0 Å². The van der Waals surface area contributed by atoms with Gasteiger partial charge >= 0.3 is 0 Å². The lowest BCUT2D eigenvalue weighted by molar-refractivity contribution is 0.410. The number of hydrogen-bond donors (Lipinski definition) is 2. The van der Waals surface area contributed by atoms with E-state index in [0.717, 1.165) is 0 Å². The van der Waals surface area contributed by atoms with Crippen LogP contribution in [0.3, 0.4) is 0 Å². The van der Waals surface area contributed by atoms with Gasteiger partial charge in [-0.05, 0) is 37.3 Å². The molecule has 0 aliphatic rings. The third kappa shape index (κ3) is 3.52. The van der Waals surface area contributed by atoms with Crippen LogP contribution in [0.5, 0.6) is 11.5 Å². The fourth-order valence-corrected chi connectivity index (χ4v) is 2.55. The smallest absolute Gasteiger partial charge is 0.126 e. The standard InChI is InChI=1S/C15H14Cl2FNO2/c1-8(11-7-10(21-2)3-4-14(11)20)19-15-12(16)5-9(18)6-13(15)17/h3-8,19-20H,1-2H3. The number of methoxy groups -OCH3 is 1. The molecule has 3 nitrogen and oxygen atoms in total. The second-order valence-electron chi connectivity index (χ2n) is 4.54. The van der Waals surface area contributed by atoms with E-state index >= 15 is 0 Å². The zero-order valence-corrected chi connectivity index (χ0v) is 13.0. The Balaban J connectivity index is 2.32. The molecule has 2 N–H and O–H groups in total. The Morgan fingerprint density at radius 3 is 2.38 bits per heavy atom. The molecule has 0 saturated heterocycles. The highest BCUT2D eigenvalue weighted by Gasteiger charge is 2.15. The molecule has 0 aliphatic heterocycles. The first-order valence-corrected chi connectivity index (χ1v) is 6.96. The summed E-state index contributed by atoms with van der Waals surface area (Å²) >= 11 is 12.0. The van der Waals surface area contributed by atoms with Crippen LogP contribution in [0.4, 0.5) is 10.1 Å². The first-order chi connectivity index (χ1) is 9.92. The van der Waals surface area contributed by atoms with Crippen molar-refractivity contribution in [2.75, 3.05) is 12.4 Å². The van der Waals surface area contributed by atoms with Crippen LogP contribution < -0.4 is 10.1 Å². The second kappa shape index (κ2) is 6.41. The maximum Gasteiger partial charge on any atom is 0.126 e. The maximum absolute atomic E-state index is 13.2. The number of benzene rings is 2. The SMILES string of the molecule is COc1ccc(O)c(C(C)Nc2c(Cl)cc(F)cc2Cl)c1. The summed E-state index contributed by atoms with van der Waals surface area (Å²) in [5.74, 6) is 0.227. The number of nitrogens with one attached hydrogen (secondary N) is 1. The molecule has 2 aromatic carbocycles. The molecule has 0 saturated carbocycles. The summed E-state index contributed by atoms with van der Waals surface area (Å²) in [5, 5.41) is 13.4. The van der Waals surface area contributed by atoms with Crippen LogP contribution >= 0.6 is 23.2 Å². The Kier molecular flexibility index (Phi) is 4.80. The van der Waals surface area contributed by atoms with E-state index in [1.54, 1.807) is 25.3 Å². The molecule has 112 valence electrons. The van der Waals surface area contributed by atoms with Gasteiger partial charge in [-0.3, -0.25) is 0 Å². The molecule has 2 rings (SSSR count). The van der Waals surface area contributed by atoms with Crippen molar-refractivity contribution in [3.63, 3.8) is 0 Å². The summed E-state index contributed by atoms with van der Waals surface area (Å²) < 4.78 is 18.3. The second-order valence-corrected chi connectivity index (χ2v) is 5.35. The Bertz CT molecular complexity index is 641. The van der Waals surface area contributed by atoms with Crippen LogP contribution in [0, 0.1) is 5.82 Å². The van der Waals surface area contributed by atoms with Crippen molar-refractivity contribution in [3.8, 4) is 11.5 Å². The molecule has 2 aromatic rings. The van der Waals surface area contributed by atoms with E-state index in [9.17, 15) is 9.50 Å². The predicted octanol–water partition coefficient (Wildman–Crippen LogP) is 5.02. The average Bonchev–Trinajstić information content (AvgIpc) is 2.43. The summed E-state index contributed by atoms with van der Waals surface area (Å²) in [6.07, 6.45) is 0. The van der Waals surface area contributed by atoms with Crippen molar-refractivity contribution >= 4 is 28.9 Å². The first kappa shape index (κ1) is 15.7. The maximum atomic E-state index is 13.2. The van der Waals surface area contributed by atoms with E-state index in [2.05, 4.69) is 5.32 Å². The number of phenolic OH excluding ortho intramolecular Hbond substituents is 1. The first-order valence-electron chi connectivity index (χ1n) is 6.20. The largest absolute Gasteiger partial charge is 0.508 e. The molecule has 0 radical (unpaired) electrons. The van der Waals surface area contributed by atoms with E-state index in [1.807, 2.05) is 6.92 Å². The summed E-state index contributed by atoms with van der Waals surface area (Å²) in [6.45, 7) is 1.82. The molecule has 0 amide bonds. The minimum atomic E-state index is -0.507. The summed E-state index contributed by atoms with van der Waals surface area (Å²) in [4.78, 5) is 0. The van der Waals surface area contributed by atoms with Gasteiger partial charge in [-0.2, -0.15) is 0 Å². The predicted molar refractivity (Wildman–Crippen MR) is 83.1 cm³/mol. The Hall–Kier alpha value is -1.65. The lowest BCUT2D eigenvalue weighted by atomic mass is 10.1. The highest BCUT2D eigenvalue weighted by Crippen LogP contribution is 2.36. The molecule has 0 spiro atoms. The Labute approximate surface area is 132 Å². The van der Waals surface area contributed by atoms with E-state index in [0.29, 0.717) is 17.0 Å². The normalized spacial score (nSPS) is 12.0. The number of phenols is 1. The molecule has 6 heteroatoms. The molecule has 1 atom stereocenters. The van der Waals surface area contributed by atoms with Gasteiger partial charge in [0, 0.05) is 5.56 Å². The van der Waals surface area contributed by atoms with Crippen LogP contribution in [0.25, 0.3) is 0 Å². The number of halogens is 3. The van der Waals surface area contributed by atoms with Crippen molar-refractivity contribution in [1.82, 2.24) is 0 Å². The van der Waals surface area contributed by atoms with Gasteiger partial charge in [0.05, 0.1) is 28.9 Å². The molecule has 0 aliphatic carbocycles. The van der Waals surface area contributed by atoms with Crippen LogP contribution in [-0.4, -0.2) is 12.2 Å². The molecule has 0 bridgehead atoms. The summed E-state index contributed by atoms with van der Waals surface area (Å²) in [6, 6.07) is 6.95. The van der Waals surface area contributed by atoms with Gasteiger partial charge < -0.3 is 15.2 Å². The molecule has 21 heavy (non-hydrogen) atoms. The fourth-order valence-electron chi connectivity index (χ4n) is 1.98. The Morgan fingerprint density at radius 1 is 1.19 bits per heavy atom. The van der Waals surface area contributed by atoms with Crippen LogP contribution in [0.2, 0.25) is 10.0 Å². The van der Waals surface area contributed by atoms with E-state index < -0.39 is 5.82 Å². The van der Waals surface area contributed by atoms with Gasteiger partial charge in [0.1, 0.15) is 17.3 Å². The average molecular weight is 330 g/mol. The van der Waals surface area contributed by atoms with Gasteiger partial charge in [-0.1, -0.05) is 23.2 Å². The van der Waals surface area contributed by atoms with Crippen LogP contribution in [0.1, 0.15) is 18.5 Å². The number of hydrogen-bond acceptors (Lipinski definition) is 3. The minimum Gasteiger partial charge on any atom is -0.508 e. The molecule has 1 unspecified atom stereocenters. The van der Waals surface area contributed by atoms with Gasteiger partial charge in [0.25, 0.3) is 0 Å². The quantitative estimate of drug-likeness (QED) is 0.827. The zero-order valence-electron chi connectivity index (χ0n) is 11.5. The van der Waals surface area contributed by atoms with Gasteiger partial charge in [0.2, 0.25) is 0 Å².